The molecule has 0 fully saturated rings. The number of nitrogens with two attached hydrogens (primary N) is 1. The summed E-state index contributed by atoms with van der Waals surface area (Å²) in [6.07, 6.45) is 0. The fourth-order valence-corrected chi connectivity index (χ4v) is 2.16. The fourth-order valence-electron chi connectivity index (χ4n) is 2.03. The van der Waals surface area contributed by atoms with Crippen molar-refractivity contribution in [2.75, 3.05) is 5.73 Å². The maximum atomic E-state index is 10.6. The first-order valence-electron chi connectivity index (χ1n) is 7.27. The highest BCUT2D eigenvalue weighted by atomic mass is 35.5. The standard InChI is InChI=1S/C7H4ClNO3.C6H3N5O8/c8-7(10)5-1-3-6(4-2-5)9(11)12;7-4-5(10(16)17)2(8(12)13)1-3(9(14)15)6(4)11(18)19/h1-4H;1H,7H2. The summed E-state index contributed by atoms with van der Waals surface area (Å²) in [6, 6.07) is 5.22. The van der Waals surface area contributed by atoms with Gasteiger partial charge in [0.05, 0.1) is 24.6 Å². The third-order valence-electron chi connectivity index (χ3n) is 3.33. The molecule has 2 aromatic carbocycles. The van der Waals surface area contributed by atoms with Gasteiger partial charge in [-0.1, -0.05) is 0 Å². The minimum Gasteiger partial charge on any atom is -0.387 e. The average molecular weight is 459 g/mol. The fraction of sp³-hybridized carbons (Fsp3) is 0. The van der Waals surface area contributed by atoms with E-state index >= 15 is 0 Å². The second-order valence-electron chi connectivity index (χ2n) is 5.13. The predicted octanol–water partition coefficient (Wildman–Crippen LogP) is 2.88. The molecule has 17 nitrogen and oxygen atoms in total. The molecule has 0 amide bonds. The highest BCUT2D eigenvalue weighted by Gasteiger charge is 2.41. The lowest BCUT2D eigenvalue weighted by Crippen LogP contribution is -2.07. The summed E-state index contributed by atoms with van der Waals surface area (Å²) in [5, 5.41) is 52.0. The van der Waals surface area contributed by atoms with E-state index in [-0.39, 0.29) is 17.3 Å². The molecule has 18 heteroatoms. The third kappa shape index (κ3) is 5.60. The van der Waals surface area contributed by atoms with Crippen LogP contribution in [0, 0.1) is 50.6 Å². The number of anilines is 1. The van der Waals surface area contributed by atoms with Crippen LogP contribution < -0.4 is 5.73 Å². The van der Waals surface area contributed by atoms with Crippen LogP contribution in [-0.4, -0.2) is 29.9 Å². The second-order valence-corrected chi connectivity index (χ2v) is 5.48. The summed E-state index contributed by atoms with van der Waals surface area (Å²) in [7, 11) is 0. The third-order valence-corrected chi connectivity index (χ3v) is 3.55. The van der Waals surface area contributed by atoms with Crippen LogP contribution in [0.4, 0.5) is 34.1 Å². The Morgan fingerprint density at radius 2 is 1.10 bits per heavy atom. The molecule has 0 aromatic heterocycles. The number of nitrogens with zero attached hydrogens (tertiary/aromatic N) is 5. The number of nitro groups is 5. The number of carbonyl (C=O) groups is 1. The van der Waals surface area contributed by atoms with Crippen LogP contribution in [0.3, 0.4) is 0 Å². The van der Waals surface area contributed by atoms with Gasteiger partial charge < -0.3 is 5.73 Å². The van der Waals surface area contributed by atoms with Gasteiger partial charge in [-0.2, -0.15) is 0 Å². The first-order valence-corrected chi connectivity index (χ1v) is 7.65. The first-order chi connectivity index (χ1) is 14.3. The van der Waals surface area contributed by atoms with Crippen molar-refractivity contribution < 1.29 is 29.4 Å². The van der Waals surface area contributed by atoms with E-state index in [0.29, 0.717) is 0 Å². The van der Waals surface area contributed by atoms with E-state index in [0.717, 1.165) is 0 Å². The molecule has 0 aliphatic rings. The number of nitrogen functional groups attached to an aromatic ring is 1. The van der Waals surface area contributed by atoms with E-state index in [1.165, 1.54) is 24.3 Å². The summed E-state index contributed by atoms with van der Waals surface area (Å²) < 4.78 is 0. The van der Waals surface area contributed by atoms with Crippen molar-refractivity contribution >= 4 is 51.0 Å². The second kappa shape index (κ2) is 9.60. The van der Waals surface area contributed by atoms with Crippen LogP contribution in [-0.2, 0) is 0 Å². The minimum atomic E-state index is -1.36. The Balaban J connectivity index is 0.000000343. The lowest BCUT2D eigenvalue weighted by molar-refractivity contribution is -0.433. The maximum absolute atomic E-state index is 10.6. The molecule has 2 aromatic rings. The molecule has 0 saturated heterocycles. The van der Waals surface area contributed by atoms with E-state index in [9.17, 15) is 55.4 Å². The van der Waals surface area contributed by atoms with Gasteiger partial charge >= 0.3 is 22.7 Å². The SMILES string of the molecule is Nc1c([N+](=O)[O-])c([N+](=O)[O-])cc([N+](=O)[O-])c1[N+](=O)[O-].O=C(Cl)c1ccc([N+](=O)[O-])cc1. The molecule has 0 aliphatic carbocycles. The molecule has 0 atom stereocenters. The van der Waals surface area contributed by atoms with Gasteiger partial charge in [0.1, 0.15) is 6.07 Å². The molecular formula is C13H7ClN6O11. The largest absolute Gasteiger partial charge is 0.387 e. The van der Waals surface area contributed by atoms with Crippen LogP contribution in [0.5, 0.6) is 0 Å². The van der Waals surface area contributed by atoms with Crippen molar-refractivity contribution in [1.82, 2.24) is 0 Å². The molecule has 162 valence electrons. The molecule has 0 bridgehead atoms. The van der Waals surface area contributed by atoms with Crippen LogP contribution >= 0.6 is 11.6 Å². The topological polar surface area (TPSA) is 259 Å². The molecule has 0 unspecified atom stereocenters. The average Bonchev–Trinajstić information content (AvgIpc) is 2.66. The Morgan fingerprint density at radius 1 is 0.710 bits per heavy atom. The number of halogens is 1. The van der Waals surface area contributed by atoms with Gasteiger partial charge in [-0.3, -0.25) is 55.4 Å². The molecule has 0 spiro atoms. The van der Waals surface area contributed by atoms with Crippen LogP contribution in [0.25, 0.3) is 0 Å². The van der Waals surface area contributed by atoms with Gasteiger partial charge in [-0.15, -0.1) is 0 Å². The van der Waals surface area contributed by atoms with Crippen LogP contribution in [0.15, 0.2) is 30.3 Å². The summed E-state index contributed by atoms with van der Waals surface area (Å²) in [5.74, 6) is 0. The van der Waals surface area contributed by atoms with Crippen molar-refractivity contribution in [2.24, 2.45) is 0 Å². The van der Waals surface area contributed by atoms with Crippen molar-refractivity contribution in [3.05, 3.63) is 86.5 Å². The maximum Gasteiger partial charge on any atom is 0.376 e. The molecule has 0 radical (unpaired) electrons. The van der Waals surface area contributed by atoms with E-state index in [4.69, 9.17) is 17.3 Å². The summed E-state index contributed by atoms with van der Waals surface area (Å²) in [6.45, 7) is 0. The lowest BCUT2D eigenvalue weighted by atomic mass is 10.1. The minimum absolute atomic E-state index is 0.0586. The van der Waals surface area contributed by atoms with Crippen molar-refractivity contribution in [2.45, 2.75) is 0 Å². The highest BCUT2D eigenvalue weighted by molar-refractivity contribution is 6.67. The predicted molar refractivity (Wildman–Crippen MR) is 101 cm³/mol. The number of hydrogen-bond donors (Lipinski definition) is 1. The molecule has 0 heterocycles. The summed E-state index contributed by atoms with van der Waals surface area (Å²) in [4.78, 5) is 57.4. The monoisotopic (exact) mass is 458 g/mol. The smallest absolute Gasteiger partial charge is 0.376 e. The number of rotatable bonds is 6. The van der Waals surface area contributed by atoms with Gasteiger partial charge in [0.2, 0.25) is 5.69 Å². The molecule has 2 rings (SSSR count). The Hall–Kier alpha value is -4.80. The van der Waals surface area contributed by atoms with E-state index in [2.05, 4.69) is 0 Å². The van der Waals surface area contributed by atoms with E-state index in [1.54, 1.807) is 0 Å². The normalized spacial score (nSPS) is 9.71. The van der Waals surface area contributed by atoms with Gasteiger partial charge in [-0.05, 0) is 23.7 Å². The van der Waals surface area contributed by atoms with Gasteiger partial charge in [0.25, 0.3) is 10.9 Å². The van der Waals surface area contributed by atoms with Crippen LogP contribution in [0.1, 0.15) is 10.4 Å². The number of nitro benzene ring substituents is 5. The molecule has 31 heavy (non-hydrogen) atoms. The Morgan fingerprint density at radius 3 is 1.35 bits per heavy atom. The molecular weight excluding hydrogens is 452 g/mol. The molecule has 2 N–H and O–H groups in total. The number of hydrogen-bond acceptors (Lipinski definition) is 12. The Labute approximate surface area is 173 Å². The highest BCUT2D eigenvalue weighted by Crippen LogP contribution is 2.45. The van der Waals surface area contributed by atoms with Crippen molar-refractivity contribution in [3.8, 4) is 0 Å². The molecule has 0 aliphatic heterocycles. The summed E-state index contributed by atoms with van der Waals surface area (Å²) in [5.41, 5.74) is -1.28. The zero-order valence-electron chi connectivity index (χ0n) is 14.6. The lowest BCUT2D eigenvalue weighted by Gasteiger charge is -2.01. The zero-order chi connectivity index (χ0) is 24.0. The number of non-ortho nitro benzene ring substituents is 1. The Bertz CT molecular complexity index is 1030. The zero-order valence-corrected chi connectivity index (χ0v) is 15.3. The molecule has 0 saturated carbocycles. The van der Waals surface area contributed by atoms with Crippen molar-refractivity contribution in [3.63, 3.8) is 0 Å². The first kappa shape index (κ1) is 24.2. The van der Waals surface area contributed by atoms with Crippen molar-refractivity contribution in [1.29, 1.82) is 0 Å². The number of benzene rings is 2. The van der Waals surface area contributed by atoms with Gasteiger partial charge in [0.15, 0.2) is 0 Å². The van der Waals surface area contributed by atoms with Gasteiger partial charge in [0, 0.05) is 17.7 Å². The Kier molecular flexibility index (Phi) is 7.51. The summed E-state index contributed by atoms with van der Waals surface area (Å²) >= 11 is 5.13. The quantitative estimate of drug-likeness (QED) is 0.283. The number of carbonyl (C=O) groups excluding carboxylic acids is 1. The van der Waals surface area contributed by atoms with E-state index < -0.39 is 58.3 Å². The van der Waals surface area contributed by atoms with Gasteiger partial charge in [-0.25, -0.2) is 0 Å². The van der Waals surface area contributed by atoms with Crippen LogP contribution in [0.2, 0.25) is 0 Å². The van der Waals surface area contributed by atoms with E-state index in [1.807, 2.05) is 0 Å².